The summed E-state index contributed by atoms with van der Waals surface area (Å²) < 4.78 is 4.87. The van der Waals surface area contributed by atoms with Gasteiger partial charge in [0.15, 0.2) is 0 Å². The molecule has 0 radical (unpaired) electrons. The van der Waals surface area contributed by atoms with Crippen molar-refractivity contribution in [3.05, 3.63) is 34.3 Å². The number of hydrogen-bond donors (Lipinski definition) is 0. The van der Waals surface area contributed by atoms with E-state index in [0.717, 1.165) is 11.1 Å². The number of halogens is 1. The van der Waals surface area contributed by atoms with Gasteiger partial charge in [-0.25, -0.2) is 0 Å². The molecule has 1 rings (SSSR count). The van der Waals surface area contributed by atoms with Crippen molar-refractivity contribution in [1.82, 2.24) is 0 Å². The summed E-state index contributed by atoms with van der Waals surface area (Å²) in [7, 11) is 0. The van der Waals surface area contributed by atoms with Crippen molar-refractivity contribution in [2.75, 3.05) is 0 Å². The third kappa shape index (κ3) is 3.07. The van der Waals surface area contributed by atoms with Gasteiger partial charge in [0.25, 0.3) is 0 Å². The van der Waals surface area contributed by atoms with Crippen molar-refractivity contribution in [1.29, 1.82) is 0 Å². The fourth-order valence-electron chi connectivity index (χ4n) is 1.00. The van der Waals surface area contributed by atoms with E-state index < -0.39 is 0 Å². The minimum Gasteiger partial charge on any atom is -0.461 e. The van der Waals surface area contributed by atoms with Crippen LogP contribution in [-0.4, -0.2) is 5.97 Å². The zero-order chi connectivity index (χ0) is 9.84. The number of esters is 1. The largest absolute Gasteiger partial charge is 0.461 e. The van der Waals surface area contributed by atoms with Crippen LogP contribution in [0.1, 0.15) is 18.1 Å². The van der Waals surface area contributed by atoms with E-state index in [2.05, 4.69) is 0 Å². The number of rotatable bonds is 2. The number of benzene rings is 1. The van der Waals surface area contributed by atoms with Crippen molar-refractivity contribution in [3.63, 3.8) is 0 Å². The van der Waals surface area contributed by atoms with Crippen LogP contribution in [0.3, 0.4) is 0 Å². The first-order valence-corrected chi connectivity index (χ1v) is 4.36. The lowest BCUT2D eigenvalue weighted by molar-refractivity contribution is -0.142. The molecule has 0 bridgehead atoms. The van der Waals surface area contributed by atoms with E-state index in [1.807, 2.05) is 19.1 Å². The van der Waals surface area contributed by atoms with E-state index in [4.69, 9.17) is 16.3 Å². The lowest BCUT2D eigenvalue weighted by Crippen LogP contribution is -2.00. The van der Waals surface area contributed by atoms with Gasteiger partial charge in [0.2, 0.25) is 0 Å². The number of hydrogen-bond acceptors (Lipinski definition) is 2. The predicted octanol–water partition coefficient (Wildman–Crippen LogP) is 2.71. The zero-order valence-corrected chi connectivity index (χ0v) is 8.39. The Morgan fingerprint density at radius 3 is 2.77 bits per heavy atom. The molecule has 0 saturated heterocycles. The smallest absolute Gasteiger partial charge is 0.302 e. The van der Waals surface area contributed by atoms with Crippen molar-refractivity contribution in [2.45, 2.75) is 20.5 Å². The first-order valence-electron chi connectivity index (χ1n) is 3.98. The fraction of sp³-hybridized carbons (Fsp3) is 0.300. The second-order valence-corrected chi connectivity index (χ2v) is 3.29. The zero-order valence-electron chi connectivity index (χ0n) is 7.63. The lowest BCUT2D eigenvalue weighted by atomic mass is 10.1. The summed E-state index contributed by atoms with van der Waals surface area (Å²) in [6, 6.07) is 5.49. The monoisotopic (exact) mass is 198 g/mol. The van der Waals surface area contributed by atoms with Gasteiger partial charge >= 0.3 is 5.97 Å². The topological polar surface area (TPSA) is 26.3 Å². The van der Waals surface area contributed by atoms with Gasteiger partial charge < -0.3 is 4.74 Å². The second-order valence-electron chi connectivity index (χ2n) is 2.85. The molecule has 1 aromatic carbocycles. The molecule has 0 spiro atoms. The van der Waals surface area contributed by atoms with Gasteiger partial charge in [-0.2, -0.15) is 0 Å². The summed E-state index contributed by atoms with van der Waals surface area (Å²) in [6.07, 6.45) is 0. The molecule has 2 nitrogen and oxygen atoms in total. The van der Waals surface area contributed by atoms with Crippen LogP contribution in [0.15, 0.2) is 18.2 Å². The average molecular weight is 199 g/mol. The molecule has 0 fully saturated rings. The van der Waals surface area contributed by atoms with Crippen molar-refractivity contribution >= 4 is 17.6 Å². The minimum atomic E-state index is -0.269. The average Bonchev–Trinajstić information content (AvgIpc) is 2.02. The predicted molar refractivity (Wildman–Crippen MR) is 51.7 cm³/mol. The maximum Gasteiger partial charge on any atom is 0.302 e. The first-order chi connectivity index (χ1) is 6.09. The van der Waals surface area contributed by atoms with Crippen LogP contribution >= 0.6 is 11.6 Å². The third-order valence-electron chi connectivity index (χ3n) is 1.74. The highest BCUT2D eigenvalue weighted by molar-refractivity contribution is 6.30. The molecular weight excluding hydrogens is 188 g/mol. The molecule has 0 aromatic heterocycles. The Hall–Kier alpha value is -1.02. The van der Waals surface area contributed by atoms with Crippen LogP contribution in [0.25, 0.3) is 0 Å². The Labute approximate surface area is 82.5 Å². The molecule has 0 heterocycles. The van der Waals surface area contributed by atoms with Crippen LogP contribution in [0.2, 0.25) is 5.02 Å². The maximum atomic E-state index is 10.5. The maximum absolute atomic E-state index is 10.5. The van der Waals surface area contributed by atoms with E-state index in [9.17, 15) is 4.79 Å². The Kier molecular flexibility index (Phi) is 3.32. The molecule has 0 aliphatic heterocycles. The summed E-state index contributed by atoms with van der Waals surface area (Å²) in [6.45, 7) is 3.65. The molecule has 0 N–H and O–H groups in total. The van der Waals surface area contributed by atoms with Gasteiger partial charge in [0.1, 0.15) is 6.61 Å². The molecule has 13 heavy (non-hydrogen) atoms. The molecule has 0 atom stereocenters. The summed E-state index contributed by atoms with van der Waals surface area (Å²) in [5.41, 5.74) is 2.02. The molecular formula is C10H11ClO2. The Morgan fingerprint density at radius 2 is 2.23 bits per heavy atom. The van der Waals surface area contributed by atoms with E-state index in [0.29, 0.717) is 11.6 Å². The summed E-state index contributed by atoms with van der Waals surface area (Å²) in [4.78, 5) is 10.5. The van der Waals surface area contributed by atoms with Gasteiger partial charge in [-0.15, -0.1) is 0 Å². The first kappa shape index (κ1) is 10.1. The van der Waals surface area contributed by atoms with Gasteiger partial charge in [-0.1, -0.05) is 17.7 Å². The van der Waals surface area contributed by atoms with Crippen LogP contribution in [-0.2, 0) is 16.1 Å². The summed E-state index contributed by atoms with van der Waals surface area (Å²) in [5.74, 6) is -0.269. The number of ether oxygens (including phenoxy) is 1. The minimum absolute atomic E-state index is 0.269. The molecule has 3 heteroatoms. The van der Waals surface area contributed by atoms with Crippen molar-refractivity contribution in [3.8, 4) is 0 Å². The molecule has 70 valence electrons. The van der Waals surface area contributed by atoms with Gasteiger partial charge in [-0.3, -0.25) is 4.79 Å². The Morgan fingerprint density at radius 1 is 1.54 bits per heavy atom. The highest BCUT2D eigenvalue weighted by atomic mass is 35.5. The summed E-state index contributed by atoms with van der Waals surface area (Å²) >= 11 is 5.77. The molecule has 0 aliphatic carbocycles. The molecule has 0 aliphatic rings. The van der Waals surface area contributed by atoms with Gasteiger partial charge in [-0.05, 0) is 30.2 Å². The van der Waals surface area contributed by atoms with Gasteiger partial charge in [0, 0.05) is 11.9 Å². The third-order valence-corrected chi connectivity index (χ3v) is 1.97. The molecule has 1 aromatic rings. The Bertz CT molecular complexity index is 321. The van der Waals surface area contributed by atoms with Crippen LogP contribution in [0, 0.1) is 6.92 Å². The van der Waals surface area contributed by atoms with Crippen LogP contribution in [0.5, 0.6) is 0 Å². The molecule has 0 saturated carbocycles. The van der Waals surface area contributed by atoms with E-state index in [1.165, 1.54) is 6.92 Å². The standard InChI is InChI=1S/C10H11ClO2/c1-7-5-10(11)4-3-9(7)6-13-8(2)12/h3-5H,6H2,1-2H3. The number of carbonyl (C=O) groups is 1. The van der Waals surface area contributed by atoms with Crippen molar-refractivity contribution in [2.24, 2.45) is 0 Å². The fourth-order valence-corrected chi connectivity index (χ4v) is 1.23. The second kappa shape index (κ2) is 4.28. The molecule has 0 unspecified atom stereocenters. The highest BCUT2D eigenvalue weighted by Crippen LogP contribution is 2.15. The highest BCUT2D eigenvalue weighted by Gasteiger charge is 2.00. The number of carbonyl (C=O) groups excluding carboxylic acids is 1. The van der Waals surface area contributed by atoms with Gasteiger partial charge in [0.05, 0.1) is 0 Å². The van der Waals surface area contributed by atoms with E-state index in [-0.39, 0.29) is 5.97 Å². The lowest BCUT2D eigenvalue weighted by Gasteiger charge is -2.05. The SMILES string of the molecule is CC(=O)OCc1ccc(Cl)cc1C. The molecule has 0 amide bonds. The normalized spacial score (nSPS) is 9.77. The number of aryl methyl sites for hydroxylation is 1. The van der Waals surface area contributed by atoms with Crippen LogP contribution < -0.4 is 0 Å². The van der Waals surface area contributed by atoms with E-state index in [1.54, 1.807) is 6.07 Å². The quantitative estimate of drug-likeness (QED) is 0.683. The van der Waals surface area contributed by atoms with E-state index >= 15 is 0 Å². The van der Waals surface area contributed by atoms with Crippen LogP contribution in [0.4, 0.5) is 0 Å². The Balaban J connectivity index is 2.72. The van der Waals surface area contributed by atoms with Crippen molar-refractivity contribution < 1.29 is 9.53 Å². The summed E-state index contributed by atoms with van der Waals surface area (Å²) in [5, 5.41) is 0.698.